The van der Waals surface area contributed by atoms with Crippen LogP contribution >= 0.6 is 11.3 Å². The largest absolute Gasteiger partial charge is 0.299 e. The van der Waals surface area contributed by atoms with Crippen molar-refractivity contribution >= 4 is 22.4 Å². The maximum atomic E-state index is 12.6. The summed E-state index contributed by atoms with van der Waals surface area (Å²) in [7, 11) is 0. The number of likely N-dealkylation sites (tertiary alicyclic amines) is 1. The summed E-state index contributed by atoms with van der Waals surface area (Å²) >= 11 is 1.49. The normalized spacial score (nSPS) is 24.0. The van der Waals surface area contributed by atoms with E-state index in [1.54, 1.807) is 0 Å². The van der Waals surface area contributed by atoms with Crippen LogP contribution in [0, 0.1) is 0 Å². The van der Waals surface area contributed by atoms with Gasteiger partial charge in [0.25, 0.3) is 0 Å². The van der Waals surface area contributed by atoms with Crippen LogP contribution in [0.25, 0.3) is 0 Å². The molecule has 5 nitrogen and oxygen atoms in total. The van der Waals surface area contributed by atoms with E-state index in [2.05, 4.69) is 41.2 Å². The van der Waals surface area contributed by atoms with Gasteiger partial charge < -0.3 is 0 Å². The van der Waals surface area contributed by atoms with Gasteiger partial charge >= 0.3 is 0 Å². The molecular weight excluding hydrogens is 296 g/mol. The van der Waals surface area contributed by atoms with Gasteiger partial charge in [-0.25, -0.2) is 0 Å². The van der Waals surface area contributed by atoms with Gasteiger partial charge in [0.2, 0.25) is 11.0 Å². The predicted molar refractivity (Wildman–Crippen MR) is 89.2 cm³/mol. The summed E-state index contributed by atoms with van der Waals surface area (Å²) < 4.78 is 0. The van der Waals surface area contributed by atoms with Crippen molar-refractivity contribution in [2.24, 2.45) is 0 Å². The summed E-state index contributed by atoms with van der Waals surface area (Å²) in [5, 5.41) is 12.9. The molecule has 2 aliphatic rings. The van der Waals surface area contributed by atoms with E-state index < -0.39 is 0 Å². The van der Waals surface area contributed by atoms with Crippen LogP contribution < -0.4 is 5.32 Å². The minimum atomic E-state index is -0.0239. The Morgan fingerprint density at radius 3 is 2.55 bits per heavy atom. The van der Waals surface area contributed by atoms with Gasteiger partial charge in [-0.15, -0.1) is 10.2 Å². The minimum absolute atomic E-state index is 0.0186. The number of amides is 1. The number of carbonyl (C=O) groups excluding carboxylic acids is 1. The summed E-state index contributed by atoms with van der Waals surface area (Å²) in [4.78, 5) is 15.1. The van der Waals surface area contributed by atoms with E-state index in [0.29, 0.717) is 11.2 Å². The van der Waals surface area contributed by atoms with Gasteiger partial charge in [-0.1, -0.05) is 44.9 Å². The maximum absolute atomic E-state index is 12.6. The van der Waals surface area contributed by atoms with Crippen LogP contribution in [0.3, 0.4) is 0 Å². The molecule has 0 bridgehead atoms. The van der Waals surface area contributed by atoms with Crippen molar-refractivity contribution in [1.29, 1.82) is 0 Å². The highest BCUT2D eigenvalue weighted by Crippen LogP contribution is 2.31. The molecule has 1 saturated carbocycles. The van der Waals surface area contributed by atoms with Crippen molar-refractivity contribution in [3.05, 3.63) is 5.01 Å². The molecule has 1 aliphatic carbocycles. The Kier molecular flexibility index (Phi) is 4.50. The third kappa shape index (κ3) is 3.33. The van der Waals surface area contributed by atoms with Crippen molar-refractivity contribution in [2.75, 3.05) is 11.9 Å². The topological polar surface area (TPSA) is 58.1 Å². The zero-order chi connectivity index (χ0) is 15.7. The highest BCUT2D eigenvalue weighted by Gasteiger charge is 2.36. The van der Waals surface area contributed by atoms with Crippen molar-refractivity contribution in [3.63, 3.8) is 0 Å². The molecule has 3 rings (SSSR count). The Labute approximate surface area is 136 Å². The van der Waals surface area contributed by atoms with Crippen LogP contribution in [-0.2, 0) is 10.2 Å². The molecule has 0 spiro atoms. The number of rotatable bonds is 3. The van der Waals surface area contributed by atoms with Crippen molar-refractivity contribution in [3.8, 4) is 0 Å². The number of carbonyl (C=O) groups is 1. The second-order valence-corrected chi connectivity index (χ2v) is 8.46. The number of aromatic nitrogens is 2. The van der Waals surface area contributed by atoms with Crippen LogP contribution in [0.1, 0.15) is 64.3 Å². The van der Waals surface area contributed by atoms with Gasteiger partial charge in [-0.3, -0.25) is 15.0 Å². The maximum Gasteiger partial charge on any atom is 0.243 e. The lowest BCUT2D eigenvalue weighted by Gasteiger charge is -2.29. The highest BCUT2D eigenvalue weighted by atomic mass is 32.1. The van der Waals surface area contributed by atoms with E-state index >= 15 is 0 Å². The lowest BCUT2D eigenvalue weighted by molar-refractivity contribution is -0.121. The molecule has 1 atom stereocenters. The SMILES string of the molecule is CC(C)(C)c1nnc(NC(=O)[C@@H]2CCCN2C2CCCC2)s1. The van der Waals surface area contributed by atoms with E-state index in [9.17, 15) is 4.79 Å². The van der Waals surface area contributed by atoms with Crippen LogP contribution in [0.15, 0.2) is 0 Å². The van der Waals surface area contributed by atoms with Gasteiger partial charge in [0.05, 0.1) is 6.04 Å². The monoisotopic (exact) mass is 322 g/mol. The standard InChI is InChI=1S/C16H26N4OS/c1-16(2,3)14-18-19-15(22-14)17-13(21)12-9-6-10-20(12)11-7-4-5-8-11/h11-12H,4-10H2,1-3H3,(H,17,19,21)/t12-/m0/s1. The number of hydrogen-bond donors (Lipinski definition) is 1. The van der Waals surface area contributed by atoms with E-state index in [-0.39, 0.29) is 17.4 Å². The molecule has 0 aromatic carbocycles. The Morgan fingerprint density at radius 1 is 1.18 bits per heavy atom. The average molecular weight is 322 g/mol. The smallest absolute Gasteiger partial charge is 0.243 e. The van der Waals surface area contributed by atoms with E-state index in [1.807, 2.05) is 0 Å². The van der Waals surface area contributed by atoms with Crippen LogP contribution in [-0.4, -0.2) is 39.6 Å². The Balaban J connectivity index is 1.64. The molecule has 0 unspecified atom stereocenters. The Morgan fingerprint density at radius 2 is 1.91 bits per heavy atom. The molecule has 2 fully saturated rings. The van der Waals surface area contributed by atoms with Crippen molar-refractivity contribution in [1.82, 2.24) is 15.1 Å². The third-order valence-corrected chi connectivity index (χ3v) is 5.95. The Bertz CT molecular complexity index is 530. The molecule has 1 saturated heterocycles. The fourth-order valence-electron chi connectivity index (χ4n) is 3.51. The lowest BCUT2D eigenvalue weighted by Crippen LogP contribution is -2.44. The zero-order valence-corrected chi connectivity index (χ0v) is 14.6. The van der Waals surface area contributed by atoms with Crippen molar-refractivity contribution < 1.29 is 4.79 Å². The molecule has 122 valence electrons. The van der Waals surface area contributed by atoms with Gasteiger partial charge in [0.1, 0.15) is 5.01 Å². The molecule has 6 heteroatoms. The summed E-state index contributed by atoms with van der Waals surface area (Å²) in [6.45, 7) is 7.39. The number of anilines is 1. The molecule has 2 heterocycles. The first-order valence-corrected chi connectivity index (χ1v) is 9.17. The first-order valence-electron chi connectivity index (χ1n) is 8.36. The number of nitrogens with one attached hydrogen (secondary N) is 1. The second-order valence-electron chi connectivity index (χ2n) is 7.49. The summed E-state index contributed by atoms with van der Waals surface area (Å²) in [5.74, 6) is 0.0982. The lowest BCUT2D eigenvalue weighted by atomic mass is 9.98. The first kappa shape index (κ1) is 15.9. The molecule has 0 radical (unpaired) electrons. The van der Waals surface area contributed by atoms with E-state index in [0.717, 1.165) is 24.4 Å². The van der Waals surface area contributed by atoms with Crippen LogP contribution in [0.4, 0.5) is 5.13 Å². The summed E-state index contributed by atoms with van der Waals surface area (Å²) in [5.41, 5.74) is -0.0239. The zero-order valence-electron chi connectivity index (χ0n) is 13.8. The molecule has 1 amide bonds. The molecule has 1 aromatic rings. The van der Waals surface area contributed by atoms with Gasteiger partial charge in [-0.2, -0.15) is 0 Å². The highest BCUT2D eigenvalue weighted by molar-refractivity contribution is 7.15. The third-order valence-electron chi connectivity index (χ3n) is 4.69. The quantitative estimate of drug-likeness (QED) is 0.928. The fourth-order valence-corrected chi connectivity index (χ4v) is 4.31. The Hall–Kier alpha value is -1.01. The molecule has 1 N–H and O–H groups in total. The predicted octanol–water partition coefficient (Wildman–Crippen LogP) is 3.18. The van der Waals surface area contributed by atoms with Crippen LogP contribution in [0.5, 0.6) is 0 Å². The molecule has 1 aliphatic heterocycles. The summed E-state index contributed by atoms with van der Waals surface area (Å²) in [6.07, 6.45) is 7.19. The molecule has 1 aromatic heterocycles. The minimum Gasteiger partial charge on any atom is -0.299 e. The van der Waals surface area contributed by atoms with Gasteiger partial charge in [0, 0.05) is 11.5 Å². The van der Waals surface area contributed by atoms with Gasteiger partial charge in [0.15, 0.2) is 0 Å². The van der Waals surface area contributed by atoms with Crippen molar-refractivity contribution in [2.45, 2.75) is 76.8 Å². The van der Waals surface area contributed by atoms with E-state index in [1.165, 1.54) is 37.0 Å². The number of nitrogens with zero attached hydrogens (tertiary/aromatic N) is 3. The molecular formula is C16H26N4OS. The summed E-state index contributed by atoms with van der Waals surface area (Å²) in [6, 6.07) is 0.628. The van der Waals surface area contributed by atoms with Gasteiger partial charge in [-0.05, 0) is 32.2 Å². The van der Waals surface area contributed by atoms with E-state index in [4.69, 9.17) is 0 Å². The first-order chi connectivity index (χ1) is 10.4. The van der Waals surface area contributed by atoms with Crippen LogP contribution in [0.2, 0.25) is 0 Å². The average Bonchev–Trinajstić information content (AvgIpc) is 3.18. The second kappa shape index (κ2) is 6.24. The fraction of sp³-hybridized carbons (Fsp3) is 0.812. The molecule has 22 heavy (non-hydrogen) atoms. The number of hydrogen-bond acceptors (Lipinski definition) is 5.